The molecule has 0 saturated carbocycles. The Morgan fingerprint density at radius 2 is 1.48 bits per heavy atom. The van der Waals surface area contributed by atoms with Gasteiger partial charge in [-0.25, -0.2) is 0 Å². The van der Waals surface area contributed by atoms with Crippen LogP contribution in [0.3, 0.4) is 0 Å². The number of rotatable bonds is 6. The summed E-state index contributed by atoms with van der Waals surface area (Å²) >= 11 is 0. The minimum Gasteiger partial charge on any atom is -0.273 e. The second kappa shape index (κ2) is 9.02. The smallest absolute Gasteiger partial charge is 0.245 e. The molecule has 2 aromatic carbocycles. The maximum absolute atomic E-state index is 12.2. The van der Waals surface area contributed by atoms with Crippen LogP contribution >= 0.6 is 0 Å². The number of carbonyl (C=O) groups is 2. The van der Waals surface area contributed by atoms with Gasteiger partial charge in [0, 0.05) is 0 Å². The van der Waals surface area contributed by atoms with E-state index in [1.54, 1.807) is 0 Å². The molecule has 0 aliphatic rings. The molecule has 132 valence electrons. The van der Waals surface area contributed by atoms with Crippen LogP contribution in [0.4, 0.5) is 0 Å². The van der Waals surface area contributed by atoms with E-state index in [0.29, 0.717) is 5.92 Å². The van der Waals surface area contributed by atoms with E-state index in [0.717, 1.165) is 17.5 Å². The van der Waals surface area contributed by atoms with Gasteiger partial charge >= 0.3 is 0 Å². The maximum Gasteiger partial charge on any atom is 0.245 e. The summed E-state index contributed by atoms with van der Waals surface area (Å²) in [5, 5.41) is 0. The van der Waals surface area contributed by atoms with E-state index < -0.39 is 0 Å². The molecule has 0 heterocycles. The van der Waals surface area contributed by atoms with E-state index in [-0.39, 0.29) is 24.2 Å². The summed E-state index contributed by atoms with van der Waals surface area (Å²) < 4.78 is 0. The summed E-state index contributed by atoms with van der Waals surface area (Å²) in [6.07, 6.45) is 1.26. The summed E-state index contributed by atoms with van der Waals surface area (Å²) in [5.41, 5.74) is 8.09. The Morgan fingerprint density at radius 3 is 2.08 bits per heavy atom. The molecule has 1 atom stereocenters. The van der Waals surface area contributed by atoms with Crippen molar-refractivity contribution in [2.75, 3.05) is 0 Å². The van der Waals surface area contributed by atoms with Crippen molar-refractivity contribution < 1.29 is 9.59 Å². The van der Waals surface area contributed by atoms with Gasteiger partial charge in [0.2, 0.25) is 11.8 Å². The first kappa shape index (κ1) is 18.7. The van der Waals surface area contributed by atoms with Crippen molar-refractivity contribution in [3.05, 3.63) is 71.3 Å². The highest BCUT2D eigenvalue weighted by Gasteiger charge is 2.16. The highest BCUT2D eigenvalue weighted by Crippen LogP contribution is 2.17. The van der Waals surface area contributed by atoms with Gasteiger partial charge in [0.25, 0.3) is 0 Å². The van der Waals surface area contributed by atoms with E-state index >= 15 is 0 Å². The van der Waals surface area contributed by atoms with Crippen LogP contribution in [-0.4, -0.2) is 11.8 Å². The fourth-order valence-electron chi connectivity index (χ4n) is 2.63. The molecule has 2 rings (SSSR count). The van der Waals surface area contributed by atoms with Crippen molar-refractivity contribution in [3.8, 4) is 0 Å². The molecule has 2 N–H and O–H groups in total. The first-order valence-electron chi connectivity index (χ1n) is 8.67. The molecule has 0 fully saturated rings. The fourth-order valence-corrected chi connectivity index (χ4v) is 2.63. The van der Waals surface area contributed by atoms with Gasteiger partial charge < -0.3 is 0 Å². The summed E-state index contributed by atoms with van der Waals surface area (Å²) in [4.78, 5) is 24.1. The molecule has 0 aliphatic carbocycles. The van der Waals surface area contributed by atoms with Gasteiger partial charge in [-0.15, -0.1) is 0 Å². The molecule has 4 heteroatoms. The van der Waals surface area contributed by atoms with Crippen molar-refractivity contribution in [1.82, 2.24) is 10.9 Å². The van der Waals surface area contributed by atoms with Gasteiger partial charge in [-0.05, 0) is 36.0 Å². The standard InChI is InChI=1S/C21H26N2O2/c1-15(2)13-18-9-11-19(12-10-18)16(3)21(25)23-22-20(24)14-17-7-5-4-6-8-17/h4-12,15-16H,13-14H2,1-3H3,(H,22,24)(H,23,25). The van der Waals surface area contributed by atoms with Crippen molar-refractivity contribution in [3.63, 3.8) is 0 Å². The number of carbonyl (C=O) groups excluding carboxylic acids is 2. The number of hydrazine groups is 1. The summed E-state index contributed by atoms with van der Waals surface area (Å²) in [7, 11) is 0. The second-order valence-corrected chi connectivity index (χ2v) is 6.76. The number of hydrogen-bond donors (Lipinski definition) is 2. The van der Waals surface area contributed by atoms with Crippen LogP contribution in [0.15, 0.2) is 54.6 Å². The predicted octanol–water partition coefficient (Wildman–Crippen LogP) is 3.38. The van der Waals surface area contributed by atoms with Crippen LogP contribution in [-0.2, 0) is 22.4 Å². The molecule has 1 unspecified atom stereocenters. The average Bonchev–Trinajstić information content (AvgIpc) is 2.60. The van der Waals surface area contributed by atoms with E-state index in [1.165, 1.54) is 5.56 Å². The van der Waals surface area contributed by atoms with E-state index in [1.807, 2.05) is 49.4 Å². The second-order valence-electron chi connectivity index (χ2n) is 6.76. The first-order valence-corrected chi connectivity index (χ1v) is 8.67. The molecule has 25 heavy (non-hydrogen) atoms. The number of nitrogens with one attached hydrogen (secondary N) is 2. The van der Waals surface area contributed by atoms with Crippen molar-refractivity contribution in [1.29, 1.82) is 0 Å². The monoisotopic (exact) mass is 338 g/mol. The Kier molecular flexibility index (Phi) is 6.75. The highest BCUT2D eigenvalue weighted by atomic mass is 16.2. The molecule has 0 bridgehead atoms. The van der Waals surface area contributed by atoms with E-state index in [4.69, 9.17) is 0 Å². The van der Waals surface area contributed by atoms with Gasteiger partial charge in [0.1, 0.15) is 0 Å². The number of hydrogen-bond acceptors (Lipinski definition) is 2. The third-order valence-electron chi connectivity index (χ3n) is 4.05. The lowest BCUT2D eigenvalue weighted by atomic mass is 9.96. The van der Waals surface area contributed by atoms with E-state index in [9.17, 15) is 9.59 Å². The lowest BCUT2D eigenvalue weighted by molar-refractivity contribution is -0.129. The zero-order chi connectivity index (χ0) is 18.2. The summed E-state index contributed by atoms with van der Waals surface area (Å²) in [6.45, 7) is 6.19. The zero-order valence-corrected chi connectivity index (χ0v) is 15.1. The summed E-state index contributed by atoms with van der Waals surface area (Å²) in [5.74, 6) is -0.187. The van der Waals surface area contributed by atoms with Crippen LogP contribution < -0.4 is 10.9 Å². The normalized spacial score (nSPS) is 11.8. The topological polar surface area (TPSA) is 58.2 Å². The SMILES string of the molecule is CC(C)Cc1ccc(C(C)C(=O)NNC(=O)Cc2ccccc2)cc1. The van der Waals surface area contributed by atoms with E-state index in [2.05, 4.69) is 36.8 Å². The van der Waals surface area contributed by atoms with Gasteiger partial charge in [0.05, 0.1) is 12.3 Å². The average molecular weight is 338 g/mol. The molecule has 4 nitrogen and oxygen atoms in total. The Labute approximate surface area is 149 Å². The Morgan fingerprint density at radius 1 is 0.840 bits per heavy atom. The Balaban J connectivity index is 1.84. The quantitative estimate of drug-likeness (QED) is 0.793. The van der Waals surface area contributed by atoms with Crippen LogP contribution in [0.25, 0.3) is 0 Å². The lowest BCUT2D eigenvalue weighted by Gasteiger charge is -2.14. The maximum atomic E-state index is 12.2. The fraction of sp³-hybridized carbons (Fsp3) is 0.333. The molecule has 0 radical (unpaired) electrons. The van der Waals surface area contributed by atoms with Crippen LogP contribution in [0, 0.1) is 5.92 Å². The molecule has 0 aliphatic heterocycles. The van der Waals surface area contributed by atoms with Gasteiger partial charge in [-0.2, -0.15) is 0 Å². The Bertz CT molecular complexity index is 694. The molecule has 0 spiro atoms. The molecular formula is C21H26N2O2. The summed E-state index contributed by atoms with van der Waals surface area (Å²) in [6, 6.07) is 17.5. The highest BCUT2D eigenvalue weighted by molar-refractivity contribution is 5.86. The number of benzene rings is 2. The van der Waals surface area contributed by atoms with Crippen molar-refractivity contribution in [2.24, 2.45) is 5.92 Å². The molecule has 2 aromatic rings. The van der Waals surface area contributed by atoms with Crippen LogP contribution in [0.1, 0.15) is 43.4 Å². The first-order chi connectivity index (χ1) is 12.0. The van der Waals surface area contributed by atoms with Gasteiger partial charge in [-0.1, -0.05) is 68.4 Å². The van der Waals surface area contributed by atoms with Crippen LogP contribution in [0.2, 0.25) is 0 Å². The third kappa shape index (κ3) is 6.07. The van der Waals surface area contributed by atoms with Gasteiger partial charge in [0.15, 0.2) is 0 Å². The third-order valence-corrected chi connectivity index (χ3v) is 4.05. The number of amides is 2. The van der Waals surface area contributed by atoms with Gasteiger partial charge in [-0.3, -0.25) is 20.4 Å². The van der Waals surface area contributed by atoms with Crippen molar-refractivity contribution in [2.45, 2.75) is 39.5 Å². The zero-order valence-electron chi connectivity index (χ0n) is 15.1. The molecule has 0 aromatic heterocycles. The largest absolute Gasteiger partial charge is 0.273 e. The minimum absolute atomic E-state index is 0.224. The minimum atomic E-state index is -0.329. The lowest BCUT2D eigenvalue weighted by Crippen LogP contribution is -2.44. The molecule has 2 amide bonds. The molecular weight excluding hydrogens is 312 g/mol. The predicted molar refractivity (Wildman–Crippen MR) is 99.8 cm³/mol. The Hall–Kier alpha value is -2.62. The molecule has 0 saturated heterocycles. The van der Waals surface area contributed by atoms with Crippen molar-refractivity contribution >= 4 is 11.8 Å². The van der Waals surface area contributed by atoms with Crippen LogP contribution in [0.5, 0.6) is 0 Å².